The van der Waals surface area contributed by atoms with Gasteiger partial charge in [-0.25, -0.2) is 12.7 Å². The first-order chi connectivity index (χ1) is 16.3. The molecule has 2 aliphatic rings. The summed E-state index contributed by atoms with van der Waals surface area (Å²) in [5.41, 5.74) is 2.42. The van der Waals surface area contributed by atoms with Crippen LogP contribution in [0.4, 0.5) is 0 Å². The van der Waals surface area contributed by atoms with Gasteiger partial charge in [-0.15, -0.1) is 0 Å². The van der Waals surface area contributed by atoms with Crippen molar-refractivity contribution in [3.63, 3.8) is 0 Å². The molecule has 0 N–H and O–H groups in total. The first-order valence-electron chi connectivity index (χ1n) is 11.5. The Morgan fingerprint density at radius 1 is 1.00 bits per heavy atom. The first-order valence-corrected chi connectivity index (χ1v) is 12.9. The summed E-state index contributed by atoms with van der Waals surface area (Å²) >= 11 is 0. The van der Waals surface area contributed by atoms with Crippen molar-refractivity contribution in [3.05, 3.63) is 65.9 Å². The van der Waals surface area contributed by atoms with E-state index in [9.17, 15) is 13.2 Å². The molecule has 2 aromatic carbocycles. The van der Waals surface area contributed by atoms with E-state index in [-0.39, 0.29) is 10.8 Å². The number of hydrogen-bond donors (Lipinski definition) is 0. The number of ether oxygens (including phenoxy) is 2. The number of carbonyl (C=O) groups excluding carboxylic acids is 1. The summed E-state index contributed by atoms with van der Waals surface area (Å²) in [7, 11) is -0.564. The molecule has 1 amide bonds. The molecule has 3 aromatic rings. The molecule has 3 heterocycles. The summed E-state index contributed by atoms with van der Waals surface area (Å²) in [5, 5.41) is 0.721. The van der Waals surface area contributed by atoms with Crippen LogP contribution in [0.25, 0.3) is 10.9 Å². The van der Waals surface area contributed by atoms with Crippen LogP contribution in [0.2, 0.25) is 0 Å². The van der Waals surface area contributed by atoms with Crippen LogP contribution >= 0.6 is 0 Å². The molecule has 0 bridgehead atoms. The van der Waals surface area contributed by atoms with E-state index in [0.29, 0.717) is 51.4 Å². The largest absolute Gasteiger partial charge is 0.347 e. The van der Waals surface area contributed by atoms with Gasteiger partial charge in [0.15, 0.2) is 5.79 Å². The van der Waals surface area contributed by atoms with Crippen LogP contribution < -0.4 is 0 Å². The molecule has 180 valence electrons. The summed E-state index contributed by atoms with van der Waals surface area (Å²) in [4.78, 5) is 15.7. The van der Waals surface area contributed by atoms with Crippen LogP contribution in [0, 0.1) is 0 Å². The Kier molecular flexibility index (Phi) is 5.97. The second kappa shape index (κ2) is 8.81. The monoisotopic (exact) mass is 483 g/mol. The lowest BCUT2D eigenvalue weighted by molar-refractivity contribution is -0.181. The maximum Gasteiger partial charge on any atom is 0.270 e. The Morgan fingerprint density at radius 3 is 2.32 bits per heavy atom. The van der Waals surface area contributed by atoms with Gasteiger partial charge in [-0.3, -0.25) is 4.79 Å². The van der Waals surface area contributed by atoms with Gasteiger partial charge in [0, 0.05) is 57.5 Å². The second-order valence-electron chi connectivity index (χ2n) is 9.01. The van der Waals surface area contributed by atoms with Crippen LogP contribution in [-0.2, 0) is 26.0 Å². The Labute approximate surface area is 199 Å². The van der Waals surface area contributed by atoms with Crippen molar-refractivity contribution in [3.8, 4) is 0 Å². The van der Waals surface area contributed by atoms with E-state index < -0.39 is 15.8 Å². The number of carbonyl (C=O) groups is 1. The minimum absolute atomic E-state index is 0.0722. The van der Waals surface area contributed by atoms with Gasteiger partial charge in [0.2, 0.25) is 10.0 Å². The molecule has 5 rings (SSSR count). The van der Waals surface area contributed by atoms with Gasteiger partial charge in [-0.2, -0.15) is 0 Å². The van der Waals surface area contributed by atoms with Crippen LogP contribution in [0.1, 0.15) is 28.9 Å². The lowest BCUT2D eigenvalue weighted by Crippen LogP contribution is -2.47. The first kappa shape index (κ1) is 23.0. The fraction of sp³-hybridized carbons (Fsp3) is 0.400. The van der Waals surface area contributed by atoms with Crippen molar-refractivity contribution >= 4 is 26.8 Å². The number of fused-ring (bicyclic) bond motifs is 1. The smallest absolute Gasteiger partial charge is 0.270 e. The van der Waals surface area contributed by atoms with Gasteiger partial charge in [-0.05, 0) is 29.8 Å². The van der Waals surface area contributed by atoms with Crippen molar-refractivity contribution in [2.75, 3.05) is 40.4 Å². The van der Waals surface area contributed by atoms with Crippen LogP contribution in [-0.4, -0.2) is 74.3 Å². The zero-order valence-corrected chi connectivity index (χ0v) is 20.3. The van der Waals surface area contributed by atoms with E-state index in [4.69, 9.17) is 9.47 Å². The highest BCUT2D eigenvalue weighted by molar-refractivity contribution is 7.89. The maximum absolute atomic E-state index is 13.7. The quantitative estimate of drug-likeness (QED) is 0.558. The predicted molar refractivity (Wildman–Crippen MR) is 128 cm³/mol. The Morgan fingerprint density at radius 2 is 1.68 bits per heavy atom. The Balaban J connectivity index is 1.52. The third kappa shape index (κ3) is 4.13. The van der Waals surface area contributed by atoms with Crippen molar-refractivity contribution < 1.29 is 22.7 Å². The molecule has 9 heteroatoms. The highest BCUT2D eigenvalue weighted by Crippen LogP contribution is 2.33. The Hall–Kier alpha value is -2.72. The summed E-state index contributed by atoms with van der Waals surface area (Å²) < 4.78 is 40.1. The molecule has 2 aliphatic heterocycles. The van der Waals surface area contributed by atoms with E-state index in [1.165, 1.54) is 18.4 Å². The Bertz CT molecular complexity index is 1300. The molecule has 34 heavy (non-hydrogen) atoms. The van der Waals surface area contributed by atoms with E-state index in [2.05, 4.69) is 0 Å². The van der Waals surface area contributed by atoms with Gasteiger partial charge in [0.05, 0.1) is 18.1 Å². The number of nitrogens with zero attached hydrogens (tertiary/aromatic N) is 3. The zero-order chi connectivity index (χ0) is 23.9. The van der Waals surface area contributed by atoms with E-state index in [1.807, 2.05) is 45.9 Å². The minimum Gasteiger partial charge on any atom is -0.347 e. The van der Waals surface area contributed by atoms with Gasteiger partial charge in [-0.1, -0.05) is 30.3 Å². The summed E-state index contributed by atoms with van der Waals surface area (Å²) in [6, 6.07) is 16.8. The number of sulfonamides is 1. The van der Waals surface area contributed by atoms with E-state index >= 15 is 0 Å². The third-order valence-electron chi connectivity index (χ3n) is 6.68. The van der Waals surface area contributed by atoms with Gasteiger partial charge in [0.1, 0.15) is 5.69 Å². The highest BCUT2D eigenvalue weighted by atomic mass is 32.2. The molecule has 8 nitrogen and oxygen atoms in total. The average molecular weight is 484 g/mol. The number of aromatic nitrogens is 1. The molecular weight excluding hydrogens is 454 g/mol. The van der Waals surface area contributed by atoms with Crippen LogP contribution in [0.5, 0.6) is 0 Å². The topological polar surface area (TPSA) is 81.1 Å². The van der Waals surface area contributed by atoms with E-state index in [1.54, 1.807) is 18.2 Å². The summed E-state index contributed by atoms with van der Waals surface area (Å²) in [6.45, 7) is 2.79. The molecule has 1 spiro atoms. The fourth-order valence-corrected chi connectivity index (χ4v) is 5.67. The summed E-state index contributed by atoms with van der Waals surface area (Å²) in [6.07, 6.45) is 1.28. The SMILES string of the molecule is CN(C)S(=O)(=O)c1ccc2c(c1)cc(C(=O)N1CCC3(CC1)OCCO3)n2Cc1ccccc1. The molecule has 0 atom stereocenters. The second-order valence-corrected chi connectivity index (χ2v) is 11.2. The molecule has 0 radical (unpaired) electrons. The molecular formula is C25H29N3O5S. The van der Waals surface area contributed by atoms with Gasteiger partial charge >= 0.3 is 0 Å². The van der Waals surface area contributed by atoms with Gasteiger partial charge < -0.3 is 18.9 Å². The highest BCUT2D eigenvalue weighted by Gasteiger charge is 2.41. The number of likely N-dealkylation sites (tertiary alicyclic amines) is 1. The van der Waals surface area contributed by atoms with Crippen LogP contribution in [0.3, 0.4) is 0 Å². The van der Waals surface area contributed by atoms with Crippen molar-refractivity contribution in [2.45, 2.75) is 30.1 Å². The van der Waals surface area contributed by atoms with Crippen molar-refractivity contribution in [2.24, 2.45) is 0 Å². The number of benzene rings is 2. The molecule has 2 saturated heterocycles. The molecule has 0 saturated carbocycles. The zero-order valence-electron chi connectivity index (χ0n) is 19.4. The number of rotatable bonds is 5. The third-order valence-corrected chi connectivity index (χ3v) is 8.49. The fourth-order valence-electron chi connectivity index (χ4n) is 4.73. The van der Waals surface area contributed by atoms with Crippen molar-refractivity contribution in [1.29, 1.82) is 0 Å². The van der Waals surface area contributed by atoms with Crippen LogP contribution in [0.15, 0.2) is 59.5 Å². The number of piperidine rings is 1. The van der Waals surface area contributed by atoms with Gasteiger partial charge in [0.25, 0.3) is 5.91 Å². The summed E-state index contributed by atoms with van der Waals surface area (Å²) in [5.74, 6) is -0.625. The number of hydrogen-bond acceptors (Lipinski definition) is 5. The standard InChI is InChI=1S/C25H29N3O5S/c1-26(2)34(30,31)21-8-9-22-20(16-21)17-23(28(22)18-19-6-4-3-5-7-19)24(29)27-12-10-25(11-13-27)32-14-15-33-25/h3-9,16-17H,10-15,18H2,1-2H3. The number of amides is 1. The minimum atomic E-state index is -3.58. The maximum atomic E-state index is 13.7. The molecule has 0 unspecified atom stereocenters. The molecule has 2 fully saturated rings. The lowest BCUT2D eigenvalue weighted by Gasteiger charge is -2.37. The predicted octanol–water partition coefficient (Wildman–Crippen LogP) is 2.92. The normalized spacial score (nSPS) is 18.3. The van der Waals surface area contributed by atoms with E-state index in [0.717, 1.165) is 16.5 Å². The van der Waals surface area contributed by atoms with Crippen molar-refractivity contribution in [1.82, 2.24) is 13.8 Å². The lowest BCUT2D eigenvalue weighted by atomic mass is 10.0. The molecule has 1 aromatic heterocycles. The molecule has 0 aliphatic carbocycles. The average Bonchev–Trinajstić information content (AvgIpc) is 3.44.